The van der Waals surface area contributed by atoms with Gasteiger partial charge in [-0.1, -0.05) is 24.6 Å². The zero-order valence-electron chi connectivity index (χ0n) is 15.9. The maximum atomic E-state index is 12.9. The van der Waals surface area contributed by atoms with Gasteiger partial charge in [-0.05, 0) is 25.0 Å². The van der Waals surface area contributed by atoms with Crippen LogP contribution in [0.15, 0.2) is 33.9 Å². The number of aliphatic carboxylic acids is 1. The lowest BCUT2D eigenvalue weighted by Gasteiger charge is -2.33. The molecule has 0 unspecified atom stereocenters. The average molecular weight is 382 g/mol. The Morgan fingerprint density at radius 3 is 2.54 bits per heavy atom. The molecule has 0 saturated carbocycles. The van der Waals surface area contributed by atoms with Crippen molar-refractivity contribution in [2.24, 2.45) is 13.0 Å². The largest absolute Gasteiger partial charge is 0.548 e. The van der Waals surface area contributed by atoms with Gasteiger partial charge < -0.3 is 19.4 Å². The number of hydrogen-bond donors (Lipinski definition) is 0. The summed E-state index contributed by atoms with van der Waals surface area (Å²) in [5.74, 6) is -0.709. The first kappa shape index (κ1) is 18.0. The molecule has 146 valence electrons. The lowest BCUT2D eigenvalue weighted by molar-refractivity contribution is -0.306. The molecule has 9 nitrogen and oxygen atoms in total. The number of aromatic nitrogens is 4. The molecule has 1 atom stereocenters. The number of carbonyl (C=O) groups excluding carboxylic acids is 1. The molecule has 1 aliphatic rings. The summed E-state index contributed by atoms with van der Waals surface area (Å²) in [6.45, 7) is 4.55. The number of carboxylic acid groups (broad SMARTS) is 1. The summed E-state index contributed by atoms with van der Waals surface area (Å²) in [7, 11) is 1.48. The highest BCUT2D eigenvalue weighted by Crippen LogP contribution is 2.32. The number of rotatable bonds is 3. The molecule has 3 heterocycles. The Morgan fingerprint density at radius 2 is 1.89 bits per heavy atom. The third-order valence-corrected chi connectivity index (χ3v) is 5.08. The Balaban J connectivity index is 2.00. The summed E-state index contributed by atoms with van der Waals surface area (Å²) in [6.07, 6.45) is 0. The molecule has 9 heteroatoms. The van der Waals surface area contributed by atoms with Gasteiger partial charge >= 0.3 is 5.69 Å². The maximum Gasteiger partial charge on any atom is 0.332 e. The summed E-state index contributed by atoms with van der Waals surface area (Å²) in [6, 6.07) is 7.99. The number of fused-ring (bicyclic) bond motifs is 3. The predicted molar refractivity (Wildman–Crippen MR) is 102 cm³/mol. The predicted octanol–water partition coefficient (Wildman–Crippen LogP) is -0.257. The number of hydrogen-bond acceptors (Lipinski definition) is 6. The summed E-state index contributed by atoms with van der Waals surface area (Å²) in [5.41, 5.74) is 1.14. The lowest BCUT2D eigenvalue weighted by atomic mass is 10.1. The molecular formula is C19H20N5O4-. The van der Waals surface area contributed by atoms with Crippen molar-refractivity contribution in [3.8, 4) is 0 Å². The number of nitrogens with zero attached hydrogens (tertiary/aromatic N) is 5. The minimum atomic E-state index is -1.49. The fraction of sp³-hybridized carbons (Fsp3) is 0.368. The van der Waals surface area contributed by atoms with E-state index in [0.717, 1.165) is 11.3 Å². The minimum Gasteiger partial charge on any atom is -0.548 e. The zero-order valence-corrected chi connectivity index (χ0v) is 15.9. The number of imidazole rings is 1. The summed E-state index contributed by atoms with van der Waals surface area (Å²) >= 11 is 0. The average Bonchev–Trinajstić information content (AvgIpc) is 3.03. The standard InChI is InChI=1S/C19H21N5O4/c1-11-4-6-13(7-5-11)22-8-12(2)9-23-15-16(20-18(22)23)21(3)19(28)24(17(15)27)10-14(25)26/h4-7,12H,8-10H2,1-3H3,(H,25,26)/p-1/t12-/m1/s1. The van der Waals surface area contributed by atoms with Gasteiger partial charge in [0.05, 0.1) is 12.5 Å². The van der Waals surface area contributed by atoms with Crippen LogP contribution in [0.2, 0.25) is 0 Å². The Hall–Kier alpha value is -3.36. The molecule has 4 rings (SSSR count). The zero-order chi connectivity index (χ0) is 20.2. The van der Waals surface area contributed by atoms with Gasteiger partial charge in [-0.2, -0.15) is 4.98 Å². The maximum absolute atomic E-state index is 12.9. The number of aryl methyl sites for hydroxylation is 2. The van der Waals surface area contributed by atoms with Crippen LogP contribution < -0.4 is 21.3 Å². The highest BCUT2D eigenvalue weighted by molar-refractivity contribution is 5.77. The van der Waals surface area contributed by atoms with E-state index in [0.29, 0.717) is 23.6 Å². The fourth-order valence-corrected chi connectivity index (χ4v) is 3.72. The quantitative estimate of drug-likeness (QED) is 0.618. The minimum absolute atomic E-state index is 0.220. The summed E-state index contributed by atoms with van der Waals surface area (Å²) in [5, 5.41) is 11.0. The van der Waals surface area contributed by atoms with E-state index in [-0.39, 0.29) is 17.1 Å². The smallest absolute Gasteiger partial charge is 0.332 e. The molecule has 28 heavy (non-hydrogen) atoms. The van der Waals surface area contributed by atoms with Crippen molar-refractivity contribution >= 4 is 28.8 Å². The Bertz CT molecular complexity index is 1200. The van der Waals surface area contributed by atoms with Crippen molar-refractivity contribution in [3.05, 3.63) is 50.7 Å². The second-order valence-corrected chi connectivity index (χ2v) is 7.35. The van der Waals surface area contributed by atoms with Crippen LogP contribution >= 0.6 is 0 Å². The van der Waals surface area contributed by atoms with Crippen LogP contribution in [0.4, 0.5) is 11.6 Å². The van der Waals surface area contributed by atoms with Gasteiger partial charge in [-0.25, -0.2) is 4.79 Å². The van der Waals surface area contributed by atoms with Gasteiger partial charge in [0, 0.05) is 25.8 Å². The van der Waals surface area contributed by atoms with Crippen LogP contribution in [0.5, 0.6) is 0 Å². The second-order valence-electron chi connectivity index (χ2n) is 7.35. The van der Waals surface area contributed by atoms with Crippen molar-refractivity contribution in [2.75, 3.05) is 11.4 Å². The molecular weight excluding hydrogens is 362 g/mol. The van der Waals surface area contributed by atoms with E-state index in [1.165, 1.54) is 11.6 Å². The molecule has 0 radical (unpaired) electrons. The van der Waals surface area contributed by atoms with Crippen molar-refractivity contribution in [1.82, 2.24) is 18.7 Å². The Kier molecular flexibility index (Phi) is 4.10. The molecule has 3 aromatic rings. The number of carboxylic acids is 1. The van der Waals surface area contributed by atoms with Gasteiger partial charge in [0.15, 0.2) is 11.2 Å². The second kappa shape index (κ2) is 6.36. The third-order valence-electron chi connectivity index (χ3n) is 5.08. The van der Waals surface area contributed by atoms with Gasteiger partial charge in [0.1, 0.15) is 0 Å². The highest BCUT2D eigenvalue weighted by atomic mass is 16.4. The van der Waals surface area contributed by atoms with Gasteiger partial charge in [-0.3, -0.25) is 13.9 Å². The van der Waals surface area contributed by atoms with E-state index < -0.39 is 23.8 Å². The SMILES string of the molecule is Cc1ccc(N2C[C@@H](C)Cn3c2nc2c3c(=O)n(CC(=O)[O-])c(=O)n2C)cc1. The van der Waals surface area contributed by atoms with Gasteiger partial charge in [0.2, 0.25) is 5.95 Å². The monoisotopic (exact) mass is 382 g/mol. The van der Waals surface area contributed by atoms with E-state index in [2.05, 4.69) is 11.9 Å². The molecule has 0 fully saturated rings. The van der Waals surface area contributed by atoms with Crippen LogP contribution in [0.1, 0.15) is 12.5 Å². The molecule has 0 spiro atoms. The number of carbonyl (C=O) groups is 1. The van der Waals surface area contributed by atoms with Crippen LogP contribution in [0.25, 0.3) is 11.2 Å². The lowest BCUT2D eigenvalue weighted by Crippen LogP contribution is -2.44. The Morgan fingerprint density at radius 1 is 1.21 bits per heavy atom. The van der Waals surface area contributed by atoms with Gasteiger partial charge in [-0.15, -0.1) is 0 Å². The fourth-order valence-electron chi connectivity index (χ4n) is 3.72. The van der Waals surface area contributed by atoms with E-state index in [9.17, 15) is 19.5 Å². The third kappa shape index (κ3) is 2.70. The van der Waals surface area contributed by atoms with Crippen LogP contribution in [-0.2, 0) is 24.9 Å². The molecule has 0 aliphatic carbocycles. The molecule has 2 aromatic heterocycles. The van der Waals surface area contributed by atoms with E-state index in [4.69, 9.17) is 0 Å². The summed E-state index contributed by atoms with van der Waals surface area (Å²) in [4.78, 5) is 43.0. The van der Waals surface area contributed by atoms with E-state index >= 15 is 0 Å². The van der Waals surface area contributed by atoms with Crippen molar-refractivity contribution in [2.45, 2.75) is 26.9 Å². The topological polar surface area (TPSA) is 105 Å². The molecule has 0 saturated heterocycles. The van der Waals surface area contributed by atoms with Crippen molar-refractivity contribution < 1.29 is 9.90 Å². The van der Waals surface area contributed by atoms with Crippen LogP contribution in [-0.4, -0.2) is 31.2 Å². The molecule has 0 bridgehead atoms. The van der Waals surface area contributed by atoms with Crippen molar-refractivity contribution in [3.63, 3.8) is 0 Å². The van der Waals surface area contributed by atoms with Gasteiger partial charge in [0.25, 0.3) is 5.56 Å². The van der Waals surface area contributed by atoms with Crippen molar-refractivity contribution in [1.29, 1.82) is 0 Å². The summed E-state index contributed by atoms with van der Waals surface area (Å²) < 4.78 is 3.67. The molecule has 0 amide bonds. The van der Waals surface area contributed by atoms with Crippen LogP contribution in [0.3, 0.4) is 0 Å². The first-order valence-electron chi connectivity index (χ1n) is 9.02. The first-order chi connectivity index (χ1) is 13.3. The normalized spacial score (nSPS) is 16.4. The Labute approximate surface area is 160 Å². The van der Waals surface area contributed by atoms with Crippen LogP contribution in [0, 0.1) is 12.8 Å². The van der Waals surface area contributed by atoms with E-state index in [1.807, 2.05) is 36.1 Å². The molecule has 0 N–H and O–H groups in total. The molecule has 1 aromatic carbocycles. The number of benzene rings is 1. The number of anilines is 2. The van der Waals surface area contributed by atoms with E-state index in [1.54, 1.807) is 4.57 Å². The first-order valence-corrected chi connectivity index (χ1v) is 9.02. The highest BCUT2D eigenvalue weighted by Gasteiger charge is 2.29. The molecule has 1 aliphatic heterocycles.